The lowest BCUT2D eigenvalue weighted by atomic mass is 9.63. The molecule has 1 aromatic carbocycles. The van der Waals surface area contributed by atoms with E-state index in [9.17, 15) is 0 Å². The van der Waals surface area contributed by atoms with Crippen LogP contribution in [0.3, 0.4) is 0 Å². The number of allylic oxidation sites excluding steroid dienone is 5. The van der Waals surface area contributed by atoms with Crippen molar-refractivity contribution < 1.29 is 4.43 Å². The third-order valence-electron chi connectivity index (χ3n) is 8.96. The molecule has 2 saturated carbocycles. The largest absolute Gasteiger partial charge is 0.410 e. The molecule has 2 aliphatic rings. The number of hydrogen-bond acceptors (Lipinski definition) is 1. The standard InChI is InChI=1S/C33H48OSi/c1-8-29-21-12-14-23-32(29,5)24-15-13-22-30(34-35(6,7)31(2,3)4)33(26-17-27-33)25-16-20-28-18-10-9-11-19-28/h8-11,13,15,18-19,22,24,30H,12,14,17,21,23,25-27H2,1-7H3/b22-13+,24-15+,29-8+. The lowest BCUT2D eigenvalue weighted by Crippen LogP contribution is -2.50. The Kier molecular flexibility index (Phi) is 9.11. The van der Waals surface area contributed by atoms with Crippen LogP contribution in [-0.2, 0) is 4.43 Å². The van der Waals surface area contributed by atoms with Gasteiger partial charge in [0.25, 0.3) is 0 Å². The summed E-state index contributed by atoms with van der Waals surface area (Å²) in [4.78, 5) is 0. The van der Waals surface area contributed by atoms with Gasteiger partial charge in [-0.1, -0.05) is 107 Å². The summed E-state index contributed by atoms with van der Waals surface area (Å²) >= 11 is 0. The van der Waals surface area contributed by atoms with E-state index in [2.05, 4.69) is 114 Å². The summed E-state index contributed by atoms with van der Waals surface area (Å²) < 4.78 is 7.11. The molecule has 0 bridgehead atoms. The minimum absolute atomic E-state index is 0.118. The Morgan fingerprint density at radius 1 is 1.03 bits per heavy atom. The van der Waals surface area contributed by atoms with Crippen LogP contribution in [0.1, 0.15) is 91.5 Å². The maximum atomic E-state index is 7.11. The number of rotatable bonds is 7. The van der Waals surface area contributed by atoms with Crippen LogP contribution in [0.15, 0.2) is 66.3 Å². The van der Waals surface area contributed by atoms with Gasteiger partial charge in [0.05, 0.1) is 6.10 Å². The highest BCUT2D eigenvalue weighted by molar-refractivity contribution is 6.74. The molecule has 35 heavy (non-hydrogen) atoms. The van der Waals surface area contributed by atoms with Gasteiger partial charge in [-0.15, -0.1) is 0 Å². The molecule has 2 aliphatic carbocycles. The molecule has 0 N–H and O–H groups in total. The van der Waals surface area contributed by atoms with Crippen LogP contribution >= 0.6 is 0 Å². The molecule has 3 rings (SSSR count). The van der Waals surface area contributed by atoms with E-state index in [0.717, 1.165) is 12.0 Å². The van der Waals surface area contributed by atoms with E-state index < -0.39 is 8.32 Å². The van der Waals surface area contributed by atoms with Crippen molar-refractivity contribution in [1.82, 2.24) is 0 Å². The van der Waals surface area contributed by atoms with Crippen molar-refractivity contribution in [3.05, 3.63) is 71.8 Å². The molecule has 0 heterocycles. The van der Waals surface area contributed by atoms with Crippen LogP contribution < -0.4 is 0 Å². The van der Waals surface area contributed by atoms with E-state index in [4.69, 9.17) is 4.43 Å². The van der Waals surface area contributed by atoms with Crippen molar-refractivity contribution >= 4 is 8.32 Å². The van der Waals surface area contributed by atoms with E-state index in [0.29, 0.717) is 0 Å². The highest BCUT2D eigenvalue weighted by Gasteiger charge is 2.48. The molecule has 2 heteroatoms. The maximum Gasteiger partial charge on any atom is 0.192 e. The normalized spacial score (nSPS) is 24.8. The molecular weight excluding hydrogens is 440 g/mol. The lowest BCUT2D eigenvalue weighted by Gasteiger charge is -2.50. The van der Waals surface area contributed by atoms with Gasteiger partial charge in [0.1, 0.15) is 0 Å². The minimum atomic E-state index is -1.92. The average Bonchev–Trinajstić information content (AvgIpc) is 2.78. The zero-order valence-electron chi connectivity index (χ0n) is 23.4. The van der Waals surface area contributed by atoms with Gasteiger partial charge < -0.3 is 4.43 Å². The second kappa shape index (κ2) is 11.5. The summed E-state index contributed by atoms with van der Waals surface area (Å²) in [5, 5.41) is 0.186. The van der Waals surface area contributed by atoms with Crippen LogP contribution in [0, 0.1) is 22.7 Å². The molecule has 1 nitrogen and oxygen atoms in total. The fraction of sp³-hybridized carbons (Fsp3) is 0.576. The molecule has 0 aromatic heterocycles. The van der Waals surface area contributed by atoms with Crippen molar-refractivity contribution in [2.24, 2.45) is 10.8 Å². The Morgan fingerprint density at radius 2 is 1.74 bits per heavy atom. The van der Waals surface area contributed by atoms with Gasteiger partial charge in [-0.05, 0) is 69.3 Å². The first-order chi connectivity index (χ1) is 16.5. The predicted molar refractivity (Wildman–Crippen MR) is 155 cm³/mol. The van der Waals surface area contributed by atoms with Crippen LogP contribution in [0.25, 0.3) is 0 Å². The van der Waals surface area contributed by atoms with Gasteiger partial charge in [0.2, 0.25) is 0 Å². The highest BCUT2D eigenvalue weighted by atomic mass is 28.4. The number of benzene rings is 1. The second-order valence-electron chi connectivity index (χ2n) is 12.5. The summed E-state index contributed by atoms with van der Waals surface area (Å²) in [7, 11) is -1.92. The van der Waals surface area contributed by atoms with Crippen molar-refractivity contribution in [3.8, 4) is 11.8 Å². The Labute approximate surface area is 217 Å². The third-order valence-corrected chi connectivity index (χ3v) is 13.4. The van der Waals surface area contributed by atoms with Crippen LogP contribution in [0.2, 0.25) is 18.1 Å². The van der Waals surface area contributed by atoms with Gasteiger partial charge in [0.15, 0.2) is 8.32 Å². The maximum absolute atomic E-state index is 7.11. The summed E-state index contributed by atoms with van der Waals surface area (Å²) in [5.41, 5.74) is 3.02. The molecule has 2 fully saturated rings. The SMILES string of the molecule is C/C=C1\CCCCC1(C)/C=C/C=C/C(O[Si](C)(C)C(C)(C)C)C1(CC#Cc2ccccc2)CCC1. The molecule has 0 spiro atoms. The lowest BCUT2D eigenvalue weighted by molar-refractivity contribution is 0.00682. The summed E-state index contributed by atoms with van der Waals surface area (Å²) in [6.45, 7) is 16.4. The zero-order valence-corrected chi connectivity index (χ0v) is 24.4. The van der Waals surface area contributed by atoms with Gasteiger partial charge in [0, 0.05) is 22.8 Å². The van der Waals surface area contributed by atoms with Crippen LogP contribution in [0.5, 0.6) is 0 Å². The fourth-order valence-corrected chi connectivity index (χ4v) is 6.57. The Bertz CT molecular complexity index is 975. The molecule has 2 unspecified atom stereocenters. The van der Waals surface area contributed by atoms with E-state index in [1.54, 1.807) is 5.57 Å². The van der Waals surface area contributed by atoms with Gasteiger partial charge in [-0.2, -0.15) is 0 Å². The molecule has 0 amide bonds. The van der Waals surface area contributed by atoms with Crippen molar-refractivity contribution in [1.29, 1.82) is 0 Å². The summed E-state index contributed by atoms with van der Waals surface area (Å²) in [6.07, 6.45) is 21.5. The smallest absolute Gasteiger partial charge is 0.192 e. The highest BCUT2D eigenvalue weighted by Crippen LogP contribution is 2.51. The van der Waals surface area contributed by atoms with Crippen LogP contribution in [0.4, 0.5) is 0 Å². The van der Waals surface area contributed by atoms with E-state index in [-0.39, 0.29) is 22.0 Å². The molecule has 190 valence electrons. The van der Waals surface area contributed by atoms with E-state index in [1.807, 2.05) is 6.07 Å². The number of hydrogen-bond donors (Lipinski definition) is 0. The summed E-state index contributed by atoms with van der Waals surface area (Å²) in [5.74, 6) is 6.94. The molecular formula is C33H48OSi. The minimum Gasteiger partial charge on any atom is -0.410 e. The van der Waals surface area contributed by atoms with Gasteiger partial charge in [-0.25, -0.2) is 0 Å². The Balaban J connectivity index is 1.83. The second-order valence-corrected chi connectivity index (χ2v) is 17.3. The molecule has 0 radical (unpaired) electrons. The van der Waals surface area contributed by atoms with Crippen molar-refractivity contribution in [2.45, 2.75) is 110 Å². The first kappa shape index (κ1) is 27.8. The van der Waals surface area contributed by atoms with E-state index >= 15 is 0 Å². The molecule has 0 aliphatic heterocycles. The first-order valence-electron chi connectivity index (χ1n) is 13.7. The topological polar surface area (TPSA) is 9.23 Å². The van der Waals surface area contributed by atoms with E-state index in [1.165, 1.54) is 44.9 Å². The Hall–Kier alpha value is -1.82. The molecule has 2 atom stereocenters. The van der Waals surface area contributed by atoms with Gasteiger partial charge in [-0.3, -0.25) is 0 Å². The van der Waals surface area contributed by atoms with Gasteiger partial charge >= 0.3 is 0 Å². The monoisotopic (exact) mass is 488 g/mol. The molecule has 1 aromatic rings. The van der Waals surface area contributed by atoms with Crippen molar-refractivity contribution in [3.63, 3.8) is 0 Å². The van der Waals surface area contributed by atoms with Crippen molar-refractivity contribution in [2.75, 3.05) is 0 Å². The van der Waals surface area contributed by atoms with Crippen LogP contribution in [-0.4, -0.2) is 14.4 Å². The summed E-state index contributed by atoms with van der Waals surface area (Å²) in [6, 6.07) is 10.4. The molecule has 0 saturated heterocycles. The first-order valence-corrected chi connectivity index (χ1v) is 16.7. The average molecular weight is 489 g/mol. The predicted octanol–water partition coefficient (Wildman–Crippen LogP) is 9.63. The quantitative estimate of drug-likeness (QED) is 0.161. The third kappa shape index (κ3) is 6.90. The fourth-order valence-electron chi connectivity index (χ4n) is 5.25. The zero-order chi connectivity index (χ0) is 25.6. The Morgan fingerprint density at radius 3 is 2.34 bits per heavy atom.